The van der Waals surface area contributed by atoms with Crippen molar-refractivity contribution in [2.24, 2.45) is 0 Å². The molecule has 0 saturated heterocycles. The zero-order chi connectivity index (χ0) is 14.8. The first kappa shape index (κ1) is 15.9. The van der Waals surface area contributed by atoms with Crippen molar-refractivity contribution >= 4 is 18.0 Å². The van der Waals surface area contributed by atoms with Crippen molar-refractivity contribution in [3.05, 3.63) is 42.0 Å². The maximum Gasteiger partial charge on any atom is 0.306 e. The molecular formula is C15H18O5. The molecule has 0 spiro atoms. The molecule has 0 fully saturated rings. The standard InChI is InChI=1S/C15H18O5/c1-2-12-3-5-13(6-4-12)11-19-9-10-20-15(18)8-7-14(16)17/h2-6H,1,7-11H2,(H,16,17). The Kier molecular flexibility index (Phi) is 7.06. The second-order valence-electron chi connectivity index (χ2n) is 4.11. The van der Waals surface area contributed by atoms with Crippen LogP contribution >= 0.6 is 0 Å². The van der Waals surface area contributed by atoms with Gasteiger partial charge in [0.2, 0.25) is 0 Å². The summed E-state index contributed by atoms with van der Waals surface area (Å²) in [5.74, 6) is -1.53. The molecule has 0 saturated carbocycles. The van der Waals surface area contributed by atoms with Crippen LogP contribution in [0.3, 0.4) is 0 Å². The van der Waals surface area contributed by atoms with Crippen LogP contribution < -0.4 is 0 Å². The Bertz CT molecular complexity index is 450. The second kappa shape index (κ2) is 8.87. The van der Waals surface area contributed by atoms with E-state index in [0.717, 1.165) is 11.1 Å². The lowest BCUT2D eigenvalue weighted by molar-refractivity contribution is -0.148. The summed E-state index contributed by atoms with van der Waals surface area (Å²) < 4.78 is 10.2. The Morgan fingerprint density at radius 1 is 1.15 bits per heavy atom. The SMILES string of the molecule is C=Cc1ccc(COCCOC(=O)CCC(=O)O)cc1. The van der Waals surface area contributed by atoms with Gasteiger partial charge in [0.25, 0.3) is 0 Å². The summed E-state index contributed by atoms with van der Waals surface area (Å²) in [4.78, 5) is 21.3. The number of carbonyl (C=O) groups is 2. The van der Waals surface area contributed by atoms with E-state index in [1.807, 2.05) is 24.3 Å². The molecule has 0 aliphatic carbocycles. The second-order valence-corrected chi connectivity index (χ2v) is 4.11. The van der Waals surface area contributed by atoms with Crippen molar-refractivity contribution < 1.29 is 24.2 Å². The quantitative estimate of drug-likeness (QED) is 0.554. The molecule has 0 atom stereocenters. The number of hydrogen-bond donors (Lipinski definition) is 1. The highest BCUT2D eigenvalue weighted by Gasteiger charge is 2.06. The minimum atomic E-state index is -1.01. The average Bonchev–Trinajstić information content (AvgIpc) is 2.45. The van der Waals surface area contributed by atoms with E-state index in [0.29, 0.717) is 6.61 Å². The van der Waals surface area contributed by atoms with Crippen LogP contribution in [0.15, 0.2) is 30.8 Å². The predicted molar refractivity (Wildman–Crippen MR) is 74.0 cm³/mol. The molecule has 0 amide bonds. The Hall–Kier alpha value is -2.14. The molecule has 0 unspecified atom stereocenters. The molecule has 0 aliphatic heterocycles. The Morgan fingerprint density at radius 3 is 2.45 bits per heavy atom. The number of rotatable bonds is 9. The van der Waals surface area contributed by atoms with Gasteiger partial charge in [-0.3, -0.25) is 9.59 Å². The molecule has 108 valence electrons. The van der Waals surface area contributed by atoms with Crippen LogP contribution in [0.1, 0.15) is 24.0 Å². The van der Waals surface area contributed by atoms with Crippen molar-refractivity contribution in [3.8, 4) is 0 Å². The molecule has 0 heterocycles. The number of aliphatic carboxylic acids is 1. The van der Waals surface area contributed by atoms with Crippen molar-refractivity contribution in [1.82, 2.24) is 0 Å². The Labute approximate surface area is 117 Å². The molecule has 20 heavy (non-hydrogen) atoms. The van der Waals surface area contributed by atoms with E-state index >= 15 is 0 Å². The number of carbonyl (C=O) groups excluding carboxylic acids is 1. The summed E-state index contributed by atoms with van der Waals surface area (Å²) in [6, 6.07) is 7.76. The maximum atomic E-state index is 11.1. The molecule has 0 aliphatic rings. The van der Waals surface area contributed by atoms with E-state index in [2.05, 4.69) is 6.58 Å². The van der Waals surface area contributed by atoms with Gasteiger partial charge in [0.1, 0.15) is 6.61 Å². The van der Waals surface area contributed by atoms with Gasteiger partial charge in [0.05, 0.1) is 26.1 Å². The summed E-state index contributed by atoms with van der Waals surface area (Å²) in [6.07, 6.45) is 1.44. The number of esters is 1. The zero-order valence-electron chi connectivity index (χ0n) is 11.2. The van der Waals surface area contributed by atoms with Gasteiger partial charge in [-0.25, -0.2) is 0 Å². The molecule has 0 radical (unpaired) electrons. The third-order valence-corrected chi connectivity index (χ3v) is 2.52. The van der Waals surface area contributed by atoms with Crippen LogP contribution in [0.4, 0.5) is 0 Å². The van der Waals surface area contributed by atoms with Crippen LogP contribution in [0, 0.1) is 0 Å². The molecular weight excluding hydrogens is 260 g/mol. The molecule has 1 aromatic carbocycles. The lowest BCUT2D eigenvalue weighted by Gasteiger charge is -2.06. The van der Waals surface area contributed by atoms with Crippen LogP contribution in [-0.2, 0) is 25.7 Å². The first-order chi connectivity index (χ1) is 9.61. The highest BCUT2D eigenvalue weighted by Crippen LogP contribution is 2.06. The molecule has 0 aromatic heterocycles. The first-order valence-electron chi connectivity index (χ1n) is 6.28. The Morgan fingerprint density at radius 2 is 1.85 bits per heavy atom. The van der Waals surface area contributed by atoms with Gasteiger partial charge >= 0.3 is 11.9 Å². The van der Waals surface area contributed by atoms with Gasteiger partial charge in [-0.15, -0.1) is 0 Å². The summed E-state index contributed by atoms with van der Waals surface area (Å²) in [5, 5.41) is 8.40. The van der Waals surface area contributed by atoms with E-state index in [9.17, 15) is 9.59 Å². The lowest BCUT2D eigenvalue weighted by atomic mass is 10.1. The van der Waals surface area contributed by atoms with Gasteiger partial charge in [-0.2, -0.15) is 0 Å². The molecule has 1 aromatic rings. The third-order valence-electron chi connectivity index (χ3n) is 2.52. The monoisotopic (exact) mass is 278 g/mol. The van der Waals surface area contributed by atoms with Crippen LogP contribution in [0.2, 0.25) is 0 Å². The largest absolute Gasteiger partial charge is 0.481 e. The summed E-state index contributed by atoms with van der Waals surface area (Å²) >= 11 is 0. The fraction of sp³-hybridized carbons (Fsp3) is 0.333. The lowest BCUT2D eigenvalue weighted by Crippen LogP contribution is -2.11. The van der Waals surface area contributed by atoms with E-state index in [1.54, 1.807) is 6.08 Å². The van der Waals surface area contributed by atoms with E-state index in [4.69, 9.17) is 14.6 Å². The fourth-order valence-electron chi connectivity index (χ4n) is 1.44. The van der Waals surface area contributed by atoms with Crippen molar-refractivity contribution in [2.75, 3.05) is 13.2 Å². The number of ether oxygens (including phenoxy) is 2. The molecule has 5 nitrogen and oxygen atoms in total. The summed E-state index contributed by atoms with van der Waals surface area (Å²) in [5.41, 5.74) is 2.06. The third kappa shape index (κ3) is 6.70. The topological polar surface area (TPSA) is 72.8 Å². The van der Waals surface area contributed by atoms with Crippen molar-refractivity contribution in [2.45, 2.75) is 19.4 Å². The van der Waals surface area contributed by atoms with E-state index < -0.39 is 11.9 Å². The molecule has 0 bridgehead atoms. The average molecular weight is 278 g/mol. The summed E-state index contributed by atoms with van der Waals surface area (Å²) in [7, 11) is 0. The predicted octanol–water partition coefficient (Wildman–Crippen LogP) is 2.25. The van der Waals surface area contributed by atoms with Gasteiger partial charge in [0, 0.05) is 0 Å². The van der Waals surface area contributed by atoms with Gasteiger partial charge in [-0.05, 0) is 11.1 Å². The van der Waals surface area contributed by atoms with Crippen molar-refractivity contribution in [3.63, 3.8) is 0 Å². The molecule has 1 rings (SSSR count). The van der Waals surface area contributed by atoms with Gasteiger partial charge in [-0.1, -0.05) is 36.9 Å². The van der Waals surface area contributed by atoms with Crippen LogP contribution in [-0.4, -0.2) is 30.3 Å². The van der Waals surface area contributed by atoms with Gasteiger partial charge < -0.3 is 14.6 Å². The van der Waals surface area contributed by atoms with Gasteiger partial charge in [0.15, 0.2) is 0 Å². The molecule has 5 heteroatoms. The van der Waals surface area contributed by atoms with Crippen molar-refractivity contribution in [1.29, 1.82) is 0 Å². The number of benzene rings is 1. The zero-order valence-corrected chi connectivity index (χ0v) is 11.2. The highest BCUT2D eigenvalue weighted by atomic mass is 16.6. The number of carboxylic acids is 1. The van der Waals surface area contributed by atoms with E-state index in [1.165, 1.54) is 0 Å². The number of carboxylic acid groups (broad SMARTS) is 1. The first-order valence-corrected chi connectivity index (χ1v) is 6.28. The summed E-state index contributed by atoms with van der Waals surface area (Å²) in [6.45, 7) is 4.52. The maximum absolute atomic E-state index is 11.1. The minimum Gasteiger partial charge on any atom is -0.481 e. The van der Waals surface area contributed by atoms with E-state index in [-0.39, 0.29) is 26.1 Å². The fourth-order valence-corrected chi connectivity index (χ4v) is 1.44. The molecule has 1 N–H and O–H groups in total. The minimum absolute atomic E-state index is 0.113. The smallest absolute Gasteiger partial charge is 0.306 e. The highest BCUT2D eigenvalue weighted by molar-refractivity contribution is 5.76. The van der Waals surface area contributed by atoms with Crippen LogP contribution in [0.25, 0.3) is 6.08 Å². The Balaban J connectivity index is 2.10. The van der Waals surface area contributed by atoms with Crippen LogP contribution in [0.5, 0.6) is 0 Å². The number of hydrogen-bond acceptors (Lipinski definition) is 4. The normalized spacial score (nSPS) is 10.0.